The second-order valence-electron chi connectivity index (χ2n) is 12.3. The fourth-order valence-corrected chi connectivity index (χ4v) is 6.42. The molecule has 4 aromatic rings. The van der Waals surface area contributed by atoms with Crippen molar-refractivity contribution in [2.24, 2.45) is 0 Å². The number of aromatic nitrogens is 1. The Morgan fingerprint density at radius 2 is 1.62 bits per heavy atom. The molecule has 48 heavy (non-hydrogen) atoms. The minimum absolute atomic E-state index is 0.117. The Kier molecular flexibility index (Phi) is 10.3. The summed E-state index contributed by atoms with van der Waals surface area (Å²) in [6, 6.07) is 23.2. The molecule has 1 aromatic heterocycles. The molecule has 6 rings (SSSR count). The maximum Gasteiger partial charge on any atom is 0.490 e. The number of hydrogen-bond donors (Lipinski definition) is 2. The summed E-state index contributed by atoms with van der Waals surface area (Å²) in [5.74, 6) is -2.62. The summed E-state index contributed by atoms with van der Waals surface area (Å²) in [5, 5.41) is 17.8. The van der Waals surface area contributed by atoms with Gasteiger partial charge in [-0.3, -0.25) is 9.69 Å². The molecule has 3 heterocycles. The number of aliphatic carboxylic acids is 1. The standard InChI is InChI=1S/C34H38N6O.C2HF3O2/c1-24-18-25(2)31(20-29(24)23-37-12-14-38(15-13-37)33-7-5-4-6-28(33)21-35)34(41)40-17-16-39(22-26(40)3)30-8-9-32-27(19-30)10-11-36-32;3-2(4,5)1(6)7/h4-11,18-20,26,36H,12-17,22-23H2,1-3H3;(H,6,7). The first-order chi connectivity index (χ1) is 22.8. The predicted octanol–water partition coefficient (Wildman–Crippen LogP) is 5.96. The Labute approximate surface area is 277 Å². The predicted molar refractivity (Wildman–Crippen MR) is 179 cm³/mol. The molecule has 1 unspecified atom stereocenters. The lowest BCUT2D eigenvalue weighted by atomic mass is 9.97. The van der Waals surface area contributed by atoms with Crippen LogP contribution in [0.5, 0.6) is 0 Å². The highest BCUT2D eigenvalue weighted by molar-refractivity contribution is 5.96. The van der Waals surface area contributed by atoms with Gasteiger partial charge in [0, 0.05) is 86.8 Å². The van der Waals surface area contributed by atoms with Crippen LogP contribution >= 0.6 is 0 Å². The molecular weight excluding hydrogens is 621 g/mol. The lowest BCUT2D eigenvalue weighted by molar-refractivity contribution is -0.192. The number of nitrogens with one attached hydrogen (secondary N) is 1. The van der Waals surface area contributed by atoms with Crippen LogP contribution < -0.4 is 9.80 Å². The third-order valence-electron chi connectivity index (χ3n) is 9.08. The highest BCUT2D eigenvalue weighted by atomic mass is 19.4. The zero-order valence-corrected chi connectivity index (χ0v) is 27.2. The molecule has 0 aliphatic carbocycles. The molecule has 0 bridgehead atoms. The van der Waals surface area contributed by atoms with Crippen molar-refractivity contribution in [1.82, 2.24) is 14.8 Å². The van der Waals surface area contributed by atoms with Crippen LogP contribution in [0.3, 0.4) is 0 Å². The van der Waals surface area contributed by atoms with Gasteiger partial charge >= 0.3 is 12.1 Å². The van der Waals surface area contributed by atoms with Gasteiger partial charge in [-0.15, -0.1) is 0 Å². The van der Waals surface area contributed by atoms with E-state index in [2.05, 4.69) is 87.8 Å². The zero-order valence-electron chi connectivity index (χ0n) is 27.2. The Morgan fingerprint density at radius 1 is 0.938 bits per heavy atom. The Balaban J connectivity index is 0.000000582. The van der Waals surface area contributed by atoms with Crippen molar-refractivity contribution in [3.05, 3.63) is 94.7 Å². The molecule has 0 radical (unpaired) electrons. The normalized spacial score (nSPS) is 17.1. The molecule has 1 atom stereocenters. The zero-order chi connectivity index (χ0) is 34.6. The van der Waals surface area contributed by atoms with Crippen LogP contribution in [-0.2, 0) is 11.3 Å². The number of halogens is 3. The van der Waals surface area contributed by atoms with E-state index in [1.54, 1.807) is 0 Å². The first-order valence-electron chi connectivity index (χ1n) is 15.9. The van der Waals surface area contributed by atoms with Gasteiger partial charge in [-0.2, -0.15) is 18.4 Å². The smallest absolute Gasteiger partial charge is 0.475 e. The van der Waals surface area contributed by atoms with Crippen LogP contribution in [-0.4, -0.2) is 89.8 Å². The minimum Gasteiger partial charge on any atom is -0.475 e. The minimum atomic E-state index is -5.08. The average Bonchev–Trinajstić information content (AvgIpc) is 3.54. The number of piperazine rings is 2. The van der Waals surface area contributed by atoms with Crippen LogP contribution in [0.25, 0.3) is 10.9 Å². The Morgan fingerprint density at radius 3 is 2.29 bits per heavy atom. The summed E-state index contributed by atoms with van der Waals surface area (Å²) in [6.45, 7) is 13.2. The fraction of sp³-hybridized carbons (Fsp3) is 0.361. The number of amides is 1. The number of aromatic amines is 1. The van der Waals surface area contributed by atoms with E-state index in [0.29, 0.717) is 6.54 Å². The van der Waals surface area contributed by atoms with E-state index in [4.69, 9.17) is 9.90 Å². The third-order valence-corrected chi connectivity index (χ3v) is 9.08. The van der Waals surface area contributed by atoms with Gasteiger partial charge in [0.25, 0.3) is 5.91 Å². The number of carbonyl (C=O) groups is 2. The van der Waals surface area contributed by atoms with Gasteiger partial charge in [-0.1, -0.05) is 18.2 Å². The molecule has 2 saturated heterocycles. The molecule has 2 fully saturated rings. The summed E-state index contributed by atoms with van der Waals surface area (Å²) in [6.07, 6.45) is -3.11. The number of carbonyl (C=O) groups excluding carboxylic acids is 1. The third kappa shape index (κ3) is 7.74. The molecule has 2 aliphatic heterocycles. The van der Waals surface area contributed by atoms with Crippen molar-refractivity contribution in [1.29, 1.82) is 5.26 Å². The van der Waals surface area contributed by atoms with Crippen molar-refractivity contribution < 1.29 is 27.9 Å². The van der Waals surface area contributed by atoms with Crippen molar-refractivity contribution in [2.45, 2.75) is 39.5 Å². The number of rotatable bonds is 5. The number of anilines is 2. The van der Waals surface area contributed by atoms with Crippen molar-refractivity contribution in [3.8, 4) is 6.07 Å². The van der Waals surface area contributed by atoms with E-state index in [0.717, 1.165) is 73.7 Å². The van der Waals surface area contributed by atoms with E-state index < -0.39 is 12.1 Å². The van der Waals surface area contributed by atoms with Crippen LogP contribution in [0.15, 0.2) is 66.9 Å². The molecule has 9 nitrogen and oxygen atoms in total. The topological polar surface area (TPSA) is 107 Å². The van der Waals surface area contributed by atoms with Crippen molar-refractivity contribution >= 4 is 34.2 Å². The number of nitriles is 1. The van der Waals surface area contributed by atoms with E-state index in [1.807, 2.05) is 30.5 Å². The van der Waals surface area contributed by atoms with E-state index in [-0.39, 0.29) is 11.9 Å². The lowest BCUT2D eigenvalue weighted by Gasteiger charge is -2.41. The van der Waals surface area contributed by atoms with Crippen LogP contribution in [0.2, 0.25) is 0 Å². The molecular formula is C36H39F3N6O3. The van der Waals surface area contributed by atoms with Gasteiger partial charge in [0.05, 0.1) is 11.3 Å². The molecule has 2 N–H and O–H groups in total. The van der Waals surface area contributed by atoms with Gasteiger partial charge in [0.2, 0.25) is 0 Å². The number of H-pyrrole nitrogens is 1. The highest BCUT2D eigenvalue weighted by Gasteiger charge is 2.38. The Hall–Kier alpha value is -5.02. The number of carboxylic acid groups (broad SMARTS) is 1. The molecule has 3 aromatic carbocycles. The van der Waals surface area contributed by atoms with Crippen LogP contribution in [0, 0.1) is 25.2 Å². The lowest BCUT2D eigenvalue weighted by Crippen LogP contribution is -2.54. The van der Waals surface area contributed by atoms with Gasteiger partial charge in [-0.25, -0.2) is 4.79 Å². The molecule has 2 aliphatic rings. The Bertz CT molecular complexity index is 1820. The summed E-state index contributed by atoms with van der Waals surface area (Å²) >= 11 is 0. The maximum atomic E-state index is 13.9. The number of benzene rings is 3. The van der Waals surface area contributed by atoms with Crippen LogP contribution in [0.1, 0.15) is 39.5 Å². The largest absolute Gasteiger partial charge is 0.490 e. The molecule has 0 saturated carbocycles. The first-order valence-corrected chi connectivity index (χ1v) is 15.9. The molecule has 252 valence electrons. The maximum absolute atomic E-state index is 13.9. The van der Waals surface area contributed by atoms with E-state index in [1.165, 1.54) is 22.2 Å². The number of nitrogens with zero attached hydrogens (tertiary/aromatic N) is 5. The number of carboxylic acids is 1. The van der Waals surface area contributed by atoms with Crippen molar-refractivity contribution in [2.75, 3.05) is 55.6 Å². The summed E-state index contributed by atoms with van der Waals surface area (Å²) in [4.78, 5) is 35.3. The van der Waals surface area contributed by atoms with E-state index in [9.17, 15) is 23.2 Å². The number of hydrogen-bond acceptors (Lipinski definition) is 6. The van der Waals surface area contributed by atoms with Gasteiger partial charge < -0.3 is 24.8 Å². The summed E-state index contributed by atoms with van der Waals surface area (Å²) < 4.78 is 31.7. The molecule has 1 amide bonds. The second-order valence-corrected chi connectivity index (χ2v) is 12.3. The second kappa shape index (κ2) is 14.4. The van der Waals surface area contributed by atoms with Gasteiger partial charge in [0.15, 0.2) is 0 Å². The summed E-state index contributed by atoms with van der Waals surface area (Å²) in [7, 11) is 0. The van der Waals surface area contributed by atoms with Gasteiger partial charge in [0.1, 0.15) is 6.07 Å². The quantitative estimate of drug-likeness (QED) is 0.272. The number of aryl methyl sites for hydroxylation is 2. The number of para-hydroxylation sites is 1. The molecule has 12 heteroatoms. The highest BCUT2D eigenvalue weighted by Crippen LogP contribution is 2.27. The SMILES string of the molecule is Cc1cc(C)c(C(=O)N2CCN(c3ccc4[nH]ccc4c3)CC2C)cc1CN1CCN(c2ccccc2C#N)CC1.O=C(O)C(F)(F)F. The van der Waals surface area contributed by atoms with Crippen LogP contribution in [0.4, 0.5) is 24.5 Å². The first kappa shape index (κ1) is 34.3. The van der Waals surface area contributed by atoms with Gasteiger partial charge in [-0.05, 0) is 79.9 Å². The number of alkyl halides is 3. The average molecular weight is 661 g/mol. The number of fused-ring (bicyclic) bond motifs is 1. The fourth-order valence-electron chi connectivity index (χ4n) is 6.42. The van der Waals surface area contributed by atoms with E-state index >= 15 is 0 Å². The van der Waals surface area contributed by atoms with Crippen molar-refractivity contribution in [3.63, 3.8) is 0 Å². The monoisotopic (exact) mass is 660 g/mol. The summed E-state index contributed by atoms with van der Waals surface area (Å²) in [5.41, 5.74) is 8.42. The molecule has 0 spiro atoms.